The van der Waals surface area contributed by atoms with Crippen molar-refractivity contribution in [3.05, 3.63) is 84.1 Å². The van der Waals surface area contributed by atoms with Crippen LogP contribution in [0.5, 0.6) is 0 Å². The minimum atomic E-state index is -1.52. The molecule has 1 nitrogen and oxygen atoms in total. The highest BCUT2D eigenvalue weighted by Crippen LogP contribution is 2.53. The molecule has 0 unspecified atom stereocenters. The Hall–Kier alpha value is -2.71. The molecule has 0 spiro atoms. The van der Waals surface area contributed by atoms with E-state index in [1.54, 1.807) is 0 Å². The lowest BCUT2D eigenvalue weighted by atomic mass is 9.55. The van der Waals surface area contributed by atoms with Crippen molar-refractivity contribution in [3.63, 3.8) is 0 Å². The topological polar surface area (TPSA) is 12.9 Å². The predicted octanol–water partition coefficient (Wildman–Crippen LogP) is 7.68. The van der Waals surface area contributed by atoms with Gasteiger partial charge in [0.2, 0.25) is 0 Å². The Bertz CT molecular complexity index is 1360. The molecule has 162 valence electrons. The molecular formula is C30H33NSi. The molecule has 0 bridgehead atoms. The van der Waals surface area contributed by atoms with Crippen molar-refractivity contribution in [3.8, 4) is 22.4 Å². The number of rotatable bonds is 2. The van der Waals surface area contributed by atoms with Crippen LogP contribution in [0.4, 0.5) is 0 Å². The second-order valence-electron chi connectivity index (χ2n) is 11.4. The molecule has 1 aliphatic carbocycles. The molecule has 0 radical (unpaired) electrons. The SMILES string of the molecule is CC1(C)c2ccccc2-c2cnc(-c3cc([Si](C)(C)C)c4ccccc4c3)cc2C1(C)C. The van der Waals surface area contributed by atoms with Gasteiger partial charge in [-0.2, -0.15) is 0 Å². The van der Waals surface area contributed by atoms with Crippen LogP contribution in [-0.4, -0.2) is 13.1 Å². The smallest absolute Gasteiger partial charge is 0.0784 e. The number of hydrogen-bond acceptors (Lipinski definition) is 1. The Morgan fingerprint density at radius 2 is 1.34 bits per heavy atom. The van der Waals surface area contributed by atoms with Crippen LogP contribution in [0.15, 0.2) is 72.9 Å². The van der Waals surface area contributed by atoms with E-state index in [0.717, 1.165) is 5.69 Å². The van der Waals surface area contributed by atoms with Crippen molar-refractivity contribution in [2.75, 3.05) is 0 Å². The van der Waals surface area contributed by atoms with Crippen LogP contribution in [0.1, 0.15) is 38.8 Å². The second-order valence-corrected chi connectivity index (χ2v) is 16.4. The number of benzene rings is 3. The third-order valence-electron chi connectivity index (χ3n) is 8.00. The fourth-order valence-corrected chi connectivity index (χ4v) is 6.98. The van der Waals surface area contributed by atoms with E-state index in [4.69, 9.17) is 4.98 Å². The van der Waals surface area contributed by atoms with Gasteiger partial charge in [0.05, 0.1) is 13.8 Å². The lowest BCUT2D eigenvalue weighted by Crippen LogP contribution is -2.43. The van der Waals surface area contributed by atoms with Gasteiger partial charge in [-0.25, -0.2) is 0 Å². The summed E-state index contributed by atoms with van der Waals surface area (Å²) < 4.78 is 0. The van der Waals surface area contributed by atoms with Crippen LogP contribution in [0.2, 0.25) is 19.6 Å². The summed E-state index contributed by atoms with van der Waals surface area (Å²) in [5.74, 6) is 0. The van der Waals surface area contributed by atoms with E-state index in [2.05, 4.69) is 120 Å². The highest BCUT2D eigenvalue weighted by atomic mass is 28.3. The predicted molar refractivity (Wildman–Crippen MR) is 142 cm³/mol. The van der Waals surface area contributed by atoms with Crippen molar-refractivity contribution in [2.45, 2.75) is 58.2 Å². The van der Waals surface area contributed by atoms with Gasteiger partial charge in [0.15, 0.2) is 0 Å². The van der Waals surface area contributed by atoms with Crippen molar-refractivity contribution in [2.24, 2.45) is 0 Å². The van der Waals surface area contributed by atoms with E-state index < -0.39 is 8.07 Å². The van der Waals surface area contributed by atoms with Crippen molar-refractivity contribution in [1.29, 1.82) is 0 Å². The number of fused-ring (bicyclic) bond motifs is 4. The number of pyridine rings is 1. The highest BCUT2D eigenvalue weighted by molar-refractivity contribution is 6.90. The second kappa shape index (κ2) is 6.89. The summed E-state index contributed by atoms with van der Waals surface area (Å²) in [6.45, 7) is 16.8. The summed E-state index contributed by atoms with van der Waals surface area (Å²) in [7, 11) is -1.52. The van der Waals surface area contributed by atoms with Crippen LogP contribution in [0.3, 0.4) is 0 Å². The fourth-order valence-electron chi connectivity index (χ4n) is 5.36. The standard InChI is InChI=1S/C30H33NSi/c1-29(2)25-15-11-10-14-23(25)24-19-31-27(18-26(24)30(29,3)4)21-16-20-12-8-9-13-22(20)28(17-21)32(5,6)7/h8-19H,1-7H3. The molecule has 0 fully saturated rings. The molecule has 4 aromatic rings. The Morgan fingerprint density at radius 1 is 0.688 bits per heavy atom. The molecule has 0 N–H and O–H groups in total. The van der Waals surface area contributed by atoms with E-state index in [9.17, 15) is 0 Å². The average molecular weight is 436 g/mol. The molecule has 0 aliphatic heterocycles. The van der Waals surface area contributed by atoms with Gasteiger partial charge in [-0.1, -0.05) is 107 Å². The molecule has 0 saturated carbocycles. The zero-order chi connectivity index (χ0) is 22.9. The highest BCUT2D eigenvalue weighted by Gasteiger charge is 2.45. The Labute approximate surface area is 193 Å². The molecule has 1 aromatic heterocycles. The first kappa shape index (κ1) is 21.1. The molecule has 3 aromatic carbocycles. The quantitative estimate of drug-likeness (QED) is 0.294. The first-order valence-electron chi connectivity index (χ1n) is 11.7. The van der Waals surface area contributed by atoms with Crippen LogP contribution in [0, 0.1) is 0 Å². The van der Waals surface area contributed by atoms with Gasteiger partial charge in [-0.05, 0) is 50.4 Å². The van der Waals surface area contributed by atoms with E-state index in [-0.39, 0.29) is 10.8 Å². The third kappa shape index (κ3) is 3.00. The lowest BCUT2D eigenvalue weighted by molar-refractivity contribution is 0.299. The first-order valence-corrected chi connectivity index (χ1v) is 15.2. The summed E-state index contributed by atoms with van der Waals surface area (Å²) in [4.78, 5) is 5.02. The van der Waals surface area contributed by atoms with Crippen molar-refractivity contribution >= 4 is 24.0 Å². The largest absolute Gasteiger partial charge is 0.256 e. The van der Waals surface area contributed by atoms with Gasteiger partial charge >= 0.3 is 0 Å². The van der Waals surface area contributed by atoms with Crippen LogP contribution in [0.25, 0.3) is 33.2 Å². The lowest BCUT2D eigenvalue weighted by Gasteiger charge is -2.48. The zero-order valence-corrected chi connectivity index (χ0v) is 21.4. The molecule has 0 amide bonds. The molecule has 1 aliphatic rings. The third-order valence-corrected chi connectivity index (χ3v) is 10.0. The van der Waals surface area contributed by atoms with Crippen molar-refractivity contribution in [1.82, 2.24) is 4.98 Å². The van der Waals surface area contributed by atoms with Crippen LogP contribution >= 0.6 is 0 Å². The minimum absolute atomic E-state index is 0.00711. The van der Waals surface area contributed by atoms with Gasteiger partial charge in [-0.3, -0.25) is 4.98 Å². The molecule has 1 heterocycles. The maximum atomic E-state index is 5.02. The van der Waals surface area contributed by atoms with Gasteiger partial charge in [0.1, 0.15) is 0 Å². The summed E-state index contributed by atoms with van der Waals surface area (Å²) in [6.07, 6.45) is 2.11. The van der Waals surface area contributed by atoms with Gasteiger partial charge < -0.3 is 0 Å². The fraction of sp³-hybridized carbons (Fsp3) is 0.300. The molecule has 2 heteroatoms. The van der Waals surface area contributed by atoms with E-state index in [1.807, 2.05) is 0 Å². The van der Waals surface area contributed by atoms with Gasteiger partial charge in [0.25, 0.3) is 0 Å². The normalized spacial score (nSPS) is 16.5. The molecule has 0 atom stereocenters. The zero-order valence-electron chi connectivity index (χ0n) is 20.4. The Balaban J connectivity index is 1.77. The molecule has 0 saturated heterocycles. The summed E-state index contributed by atoms with van der Waals surface area (Å²) in [6, 6.07) is 24.8. The molecule has 32 heavy (non-hydrogen) atoms. The molecular weight excluding hydrogens is 402 g/mol. The number of hydrogen-bond donors (Lipinski definition) is 0. The summed E-state index contributed by atoms with van der Waals surface area (Å²) in [5.41, 5.74) is 7.75. The Kier molecular flexibility index (Phi) is 4.55. The van der Waals surface area contributed by atoms with E-state index >= 15 is 0 Å². The summed E-state index contributed by atoms with van der Waals surface area (Å²) in [5, 5.41) is 4.21. The van der Waals surface area contributed by atoms with Crippen LogP contribution in [-0.2, 0) is 10.8 Å². The minimum Gasteiger partial charge on any atom is -0.256 e. The van der Waals surface area contributed by atoms with Crippen molar-refractivity contribution < 1.29 is 0 Å². The van der Waals surface area contributed by atoms with Crippen LogP contribution < -0.4 is 5.19 Å². The maximum absolute atomic E-state index is 5.02. The van der Waals surface area contributed by atoms with Gasteiger partial charge in [-0.15, -0.1) is 0 Å². The van der Waals surface area contributed by atoms with E-state index in [1.165, 1.54) is 43.8 Å². The van der Waals surface area contributed by atoms with Gasteiger partial charge in [0, 0.05) is 17.3 Å². The first-order chi connectivity index (χ1) is 15.0. The number of nitrogens with zero attached hydrogens (tertiary/aromatic N) is 1. The maximum Gasteiger partial charge on any atom is 0.0784 e. The summed E-state index contributed by atoms with van der Waals surface area (Å²) >= 11 is 0. The number of aromatic nitrogens is 1. The van der Waals surface area contributed by atoms with E-state index in [0.29, 0.717) is 0 Å². The molecule has 5 rings (SSSR count). The Morgan fingerprint density at radius 3 is 2.09 bits per heavy atom. The monoisotopic (exact) mass is 435 g/mol. The average Bonchev–Trinajstić information content (AvgIpc) is 2.76.